The zero-order valence-electron chi connectivity index (χ0n) is 14.9. The van der Waals surface area contributed by atoms with Crippen LogP contribution in [0.5, 0.6) is 0 Å². The van der Waals surface area contributed by atoms with E-state index in [2.05, 4.69) is 36.3 Å². The number of thiazole rings is 1. The first-order valence-electron chi connectivity index (χ1n) is 8.93. The first kappa shape index (κ1) is 17.5. The molecule has 4 rings (SSSR count). The fourth-order valence-electron chi connectivity index (χ4n) is 3.84. The third-order valence-electron chi connectivity index (χ3n) is 5.51. The second kappa shape index (κ2) is 6.67. The SMILES string of the molecule is Cc1cc2nc(NC(=O)C3(c4ccc(Cl)cc4)CCCC3)sc2cc1C. The quantitative estimate of drug-likeness (QED) is 0.600. The molecule has 0 spiro atoms. The van der Waals surface area contributed by atoms with Crippen molar-refractivity contribution >= 4 is 44.2 Å². The van der Waals surface area contributed by atoms with Crippen molar-refractivity contribution < 1.29 is 4.79 Å². The summed E-state index contributed by atoms with van der Waals surface area (Å²) in [5, 5.41) is 4.47. The van der Waals surface area contributed by atoms with Crippen LogP contribution in [0.3, 0.4) is 0 Å². The van der Waals surface area contributed by atoms with Crippen LogP contribution in [0.25, 0.3) is 10.2 Å². The Bertz CT molecular complexity index is 933. The van der Waals surface area contributed by atoms with Gasteiger partial charge >= 0.3 is 0 Å². The van der Waals surface area contributed by atoms with Crippen LogP contribution in [0.1, 0.15) is 42.4 Å². The minimum atomic E-state index is -0.478. The van der Waals surface area contributed by atoms with Gasteiger partial charge in [0, 0.05) is 5.02 Å². The molecule has 1 N–H and O–H groups in total. The number of aromatic nitrogens is 1. The molecular formula is C21H21ClN2OS. The zero-order chi connectivity index (χ0) is 18.3. The highest BCUT2D eigenvalue weighted by Gasteiger charge is 2.43. The number of fused-ring (bicyclic) bond motifs is 1. The monoisotopic (exact) mass is 384 g/mol. The Labute approximate surface area is 162 Å². The van der Waals surface area contributed by atoms with Crippen LogP contribution >= 0.6 is 22.9 Å². The topological polar surface area (TPSA) is 42.0 Å². The number of anilines is 1. The van der Waals surface area contributed by atoms with E-state index in [9.17, 15) is 4.79 Å². The molecule has 1 fully saturated rings. The molecule has 0 unspecified atom stereocenters. The van der Waals surface area contributed by atoms with Crippen LogP contribution < -0.4 is 5.32 Å². The summed E-state index contributed by atoms with van der Waals surface area (Å²) in [6.45, 7) is 4.18. The van der Waals surface area contributed by atoms with Crippen molar-refractivity contribution in [1.29, 1.82) is 0 Å². The van der Waals surface area contributed by atoms with Gasteiger partial charge in [0.25, 0.3) is 0 Å². The summed E-state index contributed by atoms with van der Waals surface area (Å²) in [6, 6.07) is 11.9. The molecule has 0 saturated heterocycles. The average molecular weight is 385 g/mol. The molecule has 134 valence electrons. The first-order valence-corrected chi connectivity index (χ1v) is 10.1. The summed E-state index contributed by atoms with van der Waals surface area (Å²) in [5.41, 5.74) is 3.97. The first-order chi connectivity index (χ1) is 12.5. The Kier molecular flexibility index (Phi) is 4.49. The fraction of sp³-hybridized carbons (Fsp3) is 0.333. The van der Waals surface area contributed by atoms with Gasteiger partial charge in [0.15, 0.2) is 5.13 Å². The molecule has 3 aromatic rings. The number of carbonyl (C=O) groups excluding carboxylic acids is 1. The molecule has 1 aliphatic rings. The lowest BCUT2D eigenvalue weighted by Gasteiger charge is -2.27. The van der Waals surface area contributed by atoms with Crippen molar-refractivity contribution in [1.82, 2.24) is 4.98 Å². The van der Waals surface area contributed by atoms with Gasteiger partial charge in [-0.1, -0.05) is 47.9 Å². The molecule has 1 saturated carbocycles. The molecular weight excluding hydrogens is 364 g/mol. The third-order valence-corrected chi connectivity index (χ3v) is 6.70. The molecule has 26 heavy (non-hydrogen) atoms. The number of rotatable bonds is 3. The molecule has 1 aromatic heterocycles. The van der Waals surface area contributed by atoms with Gasteiger partial charge in [0.05, 0.1) is 15.6 Å². The number of aryl methyl sites for hydroxylation is 2. The lowest BCUT2D eigenvalue weighted by Crippen LogP contribution is -2.37. The summed E-state index contributed by atoms with van der Waals surface area (Å²) >= 11 is 7.57. The van der Waals surface area contributed by atoms with Crippen molar-refractivity contribution in [2.45, 2.75) is 44.9 Å². The van der Waals surface area contributed by atoms with Crippen LogP contribution in [0, 0.1) is 13.8 Å². The summed E-state index contributed by atoms with van der Waals surface area (Å²) in [6.07, 6.45) is 3.86. The van der Waals surface area contributed by atoms with Gasteiger partial charge in [-0.3, -0.25) is 4.79 Å². The number of benzene rings is 2. The van der Waals surface area contributed by atoms with Crippen LogP contribution in [-0.2, 0) is 10.2 Å². The van der Waals surface area contributed by atoms with Crippen LogP contribution in [-0.4, -0.2) is 10.9 Å². The number of nitrogens with one attached hydrogen (secondary N) is 1. The molecule has 0 atom stereocenters. The smallest absolute Gasteiger partial charge is 0.236 e. The molecule has 0 aliphatic heterocycles. The minimum Gasteiger partial charge on any atom is -0.301 e. The molecule has 5 heteroatoms. The maximum Gasteiger partial charge on any atom is 0.236 e. The van der Waals surface area contributed by atoms with E-state index in [1.807, 2.05) is 24.3 Å². The minimum absolute atomic E-state index is 0.0461. The van der Waals surface area contributed by atoms with Crippen molar-refractivity contribution in [2.24, 2.45) is 0 Å². The Morgan fingerprint density at radius 2 is 1.77 bits per heavy atom. The molecule has 3 nitrogen and oxygen atoms in total. The van der Waals surface area contributed by atoms with Crippen LogP contribution in [0.4, 0.5) is 5.13 Å². The molecule has 0 radical (unpaired) electrons. The van der Waals surface area contributed by atoms with Crippen molar-refractivity contribution in [3.63, 3.8) is 0 Å². The highest BCUT2D eigenvalue weighted by Crippen LogP contribution is 2.42. The highest BCUT2D eigenvalue weighted by molar-refractivity contribution is 7.22. The van der Waals surface area contributed by atoms with Crippen LogP contribution in [0.2, 0.25) is 5.02 Å². The van der Waals surface area contributed by atoms with Crippen molar-refractivity contribution in [3.05, 3.63) is 58.1 Å². The zero-order valence-corrected chi connectivity index (χ0v) is 16.5. The van der Waals surface area contributed by atoms with Gasteiger partial charge in [0.1, 0.15) is 0 Å². The van der Waals surface area contributed by atoms with Gasteiger partial charge in [-0.05, 0) is 67.6 Å². The predicted octanol–water partition coefficient (Wildman–Crippen LogP) is 6.02. The lowest BCUT2D eigenvalue weighted by atomic mass is 9.78. The second-order valence-electron chi connectivity index (χ2n) is 7.17. The van der Waals surface area contributed by atoms with Crippen LogP contribution in [0.15, 0.2) is 36.4 Å². The Hall–Kier alpha value is -1.91. The van der Waals surface area contributed by atoms with E-state index in [0.717, 1.165) is 41.5 Å². The number of halogens is 1. The summed E-state index contributed by atoms with van der Waals surface area (Å²) in [4.78, 5) is 17.9. The summed E-state index contributed by atoms with van der Waals surface area (Å²) < 4.78 is 1.11. The summed E-state index contributed by atoms with van der Waals surface area (Å²) in [5.74, 6) is 0.0461. The number of carbonyl (C=O) groups is 1. The van der Waals surface area contributed by atoms with Gasteiger partial charge in [-0.2, -0.15) is 0 Å². The van der Waals surface area contributed by atoms with E-state index in [-0.39, 0.29) is 5.91 Å². The predicted molar refractivity (Wildman–Crippen MR) is 109 cm³/mol. The molecule has 1 aliphatic carbocycles. The van der Waals surface area contributed by atoms with E-state index in [1.165, 1.54) is 22.5 Å². The van der Waals surface area contributed by atoms with E-state index in [4.69, 9.17) is 11.6 Å². The van der Waals surface area contributed by atoms with Gasteiger partial charge in [-0.25, -0.2) is 4.98 Å². The number of nitrogens with zero attached hydrogens (tertiary/aromatic N) is 1. The molecule has 1 heterocycles. The Morgan fingerprint density at radius 3 is 2.46 bits per heavy atom. The largest absolute Gasteiger partial charge is 0.301 e. The fourth-order valence-corrected chi connectivity index (χ4v) is 4.91. The maximum atomic E-state index is 13.3. The van der Waals surface area contributed by atoms with Gasteiger partial charge < -0.3 is 5.32 Å². The number of hydrogen-bond donors (Lipinski definition) is 1. The van der Waals surface area contributed by atoms with Crippen molar-refractivity contribution in [3.8, 4) is 0 Å². The lowest BCUT2D eigenvalue weighted by molar-refractivity contribution is -0.121. The molecule has 0 bridgehead atoms. The van der Waals surface area contributed by atoms with Gasteiger partial charge in [-0.15, -0.1) is 0 Å². The maximum absolute atomic E-state index is 13.3. The standard InChI is InChI=1S/C21H21ClN2OS/c1-13-11-17-18(12-14(13)2)26-20(23-17)24-19(25)21(9-3-4-10-21)15-5-7-16(22)8-6-15/h5-8,11-12H,3-4,9-10H2,1-2H3,(H,23,24,25). The average Bonchev–Trinajstić information content (AvgIpc) is 3.24. The second-order valence-corrected chi connectivity index (χ2v) is 8.64. The Balaban J connectivity index is 1.66. The van der Waals surface area contributed by atoms with E-state index < -0.39 is 5.41 Å². The highest BCUT2D eigenvalue weighted by atomic mass is 35.5. The van der Waals surface area contributed by atoms with E-state index in [0.29, 0.717) is 10.2 Å². The number of amides is 1. The summed E-state index contributed by atoms with van der Waals surface area (Å²) in [7, 11) is 0. The molecule has 2 aromatic carbocycles. The molecule has 1 amide bonds. The Morgan fingerprint density at radius 1 is 1.12 bits per heavy atom. The van der Waals surface area contributed by atoms with E-state index >= 15 is 0 Å². The third kappa shape index (κ3) is 3.01. The van der Waals surface area contributed by atoms with Crippen molar-refractivity contribution in [2.75, 3.05) is 5.32 Å². The van der Waals surface area contributed by atoms with Gasteiger partial charge in [0.2, 0.25) is 5.91 Å². The number of hydrogen-bond acceptors (Lipinski definition) is 3. The van der Waals surface area contributed by atoms with E-state index in [1.54, 1.807) is 0 Å². The normalized spacial score (nSPS) is 16.1.